The number of carbonyl (C=O) groups is 1. The fraction of sp³-hybridized carbons (Fsp3) is 0.600. The van der Waals surface area contributed by atoms with Gasteiger partial charge in [0, 0.05) is 19.5 Å². The van der Waals surface area contributed by atoms with Crippen LogP contribution in [-0.2, 0) is 7.05 Å². The number of hydrogen-bond acceptors (Lipinski definition) is 2. The first-order valence-electron chi connectivity index (χ1n) is 4.77. The van der Waals surface area contributed by atoms with Crippen molar-refractivity contribution in [3.05, 3.63) is 18.2 Å². The van der Waals surface area contributed by atoms with Gasteiger partial charge in [0.2, 0.25) is 0 Å². The van der Waals surface area contributed by atoms with E-state index < -0.39 is 0 Å². The summed E-state index contributed by atoms with van der Waals surface area (Å²) in [7, 11) is 1.79. The number of amides is 1. The van der Waals surface area contributed by atoms with Gasteiger partial charge in [0.1, 0.15) is 5.69 Å². The summed E-state index contributed by atoms with van der Waals surface area (Å²) in [4.78, 5) is 15.6. The minimum absolute atomic E-state index is 0.0875. The predicted molar refractivity (Wildman–Crippen MR) is 60.0 cm³/mol. The van der Waals surface area contributed by atoms with Crippen molar-refractivity contribution < 1.29 is 4.79 Å². The van der Waals surface area contributed by atoms with Crippen LogP contribution in [0.25, 0.3) is 0 Å². The monoisotopic (exact) mass is 229 g/mol. The van der Waals surface area contributed by atoms with Gasteiger partial charge >= 0.3 is 0 Å². The molecule has 0 atom stereocenters. The number of hydrogen-bond donors (Lipinski definition) is 1. The fourth-order valence-corrected chi connectivity index (χ4v) is 1.13. The molecule has 1 N–H and O–H groups in total. The van der Waals surface area contributed by atoms with Crippen LogP contribution in [0.15, 0.2) is 12.5 Å². The highest BCUT2D eigenvalue weighted by Crippen LogP contribution is 2.15. The van der Waals surface area contributed by atoms with Gasteiger partial charge in [0.05, 0.1) is 12.5 Å². The van der Waals surface area contributed by atoms with Crippen molar-refractivity contribution >= 4 is 17.5 Å². The second kappa shape index (κ2) is 4.66. The molecule has 0 fully saturated rings. The first-order valence-corrected chi connectivity index (χ1v) is 5.30. The van der Waals surface area contributed by atoms with E-state index in [9.17, 15) is 4.79 Å². The molecule has 0 aliphatic carbocycles. The van der Waals surface area contributed by atoms with Crippen LogP contribution in [-0.4, -0.2) is 27.9 Å². The Kier molecular flexibility index (Phi) is 3.74. The van der Waals surface area contributed by atoms with E-state index in [2.05, 4.69) is 10.3 Å². The highest BCUT2D eigenvalue weighted by molar-refractivity contribution is 6.18. The lowest BCUT2D eigenvalue weighted by molar-refractivity contribution is 0.0931. The van der Waals surface area contributed by atoms with E-state index in [1.807, 2.05) is 13.8 Å². The number of rotatable bonds is 4. The molecule has 1 amide bonds. The summed E-state index contributed by atoms with van der Waals surface area (Å²) < 4.78 is 1.68. The largest absolute Gasteiger partial charge is 0.350 e. The molecule has 1 heterocycles. The smallest absolute Gasteiger partial charge is 0.269 e. The van der Waals surface area contributed by atoms with Crippen LogP contribution in [0.1, 0.15) is 24.3 Å². The average Bonchev–Trinajstić information content (AvgIpc) is 2.61. The van der Waals surface area contributed by atoms with E-state index in [1.54, 1.807) is 24.1 Å². The third-order valence-corrected chi connectivity index (χ3v) is 2.86. The van der Waals surface area contributed by atoms with Crippen molar-refractivity contribution in [1.82, 2.24) is 14.9 Å². The Morgan fingerprint density at radius 2 is 2.33 bits per heavy atom. The fourth-order valence-electron chi connectivity index (χ4n) is 1.03. The minimum Gasteiger partial charge on any atom is -0.350 e. The molecule has 1 aromatic heterocycles. The first-order chi connectivity index (χ1) is 6.96. The summed E-state index contributed by atoms with van der Waals surface area (Å²) in [5.41, 5.74) is 0.468. The van der Waals surface area contributed by atoms with Gasteiger partial charge in [-0.3, -0.25) is 4.79 Å². The van der Waals surface area contributed by atoms with Gasteiger partial charge in [-0.25, -0.2) is 4.98 Å². The summed E-state index contributed by atoms with van der Waals surface area (Å²) in [6, 6.07) is 0. The topological polar surface area (TPSA) is 46.9 Å². The molecule has 84 valence electrons. The molecule has 0 aliphatic rings. The molecule has 0 unspecified atom stereocenters. The van der Waals surface area contributed by atoms with Crippen molar-refractivity contribution in [2.75, 3.05) is 12.4 Å². The maximum absolute atomic E-state index is 11.7. The standard InChI is InChI=1S/C10H16ClN3O/c1-10(2,5-11)6-13-9(15)8-4-12-7-14(8)3/h4,7H,5-6H2,1-3H3,(H,13,15). The Bertz CT molecular complexity index is 346. The summed E-state index contributed by atoms with van der Waals surface area (Å²) in [5.74, 6) is 0.395. The lowest BCUT2D eigenvalue weighted by atomic mass is 9.96. The van der Waals surface area contributed by atoms with Gasteiger partial charge < -0.3 is 9.88 Å². The highest BCUT2D eigenvalue weighted by atomic mass is 35.5. The van der Waals surface area contributed by atoms with Crippen molar-refractivity contribution in [1.29, 1.82) is 0 Å². The number of aryl methyl sites for hydroxylation is 1. The van der Waals surface area contributed by atoms with Crippen LogP contribution >= 0.6 is 11.6 Å². The van der Waals surface area contributed by atoms with Crippen molar-refractivity contribution in [2.45, 2.75) is 13.8 Å². The van der Waals surface area contributed by atoms with Gasteiger partial charge in [-0.05, 0) is 5.41 Å². The molecule has 1 aromatic rings. The number of halogens is 1. The first kappa shape index (κ1) is 12.0. The van der Waals surface area contributed by atoms with Crippen LogP contribution in [0.2, 0.25) is 0 Å². The van der Waals surface area contributed by atoms with Crippen LogP contribution < -0.4 is 5.32 Å². The number of nitrogens with one attached hydrogen (secondary N) is 1. The molecule has 0 spiro atoms. The molecule has 0 saturated carbocycles. The molecule has 0 radical (unpaired) electrons. The third-order valence-electron chi connectivity index (χ3n) is 2.14. The average molecular weight is 230 g/mol. The molecule has 1 rings (SSSR count). The molecular formula is C10H16ClN3O. The Hall–Kier alpha value is -1.03. The zero-order valence-electron chi connectivity index (χ0n) is 9.25. The summed E-state index contributed by atoms with van der Waals surface area (Å²) in [6.45, 7) is 4.56. The second-order valence-electron chi connectivity index (χ2n) is 4.37. The number of imidazole rings is 1. The summed E-state index contributed by atoms with van der Waals surface area (Å²) in [5, 5.41) is 2.83. The maximum atomic E-state index is 11.7. The summed E-state index contributed by atoms with van der Waals surface area (Å²) >= 11 is 5.76. The van der Waals surface area contributed by atoms with E-state index in [0.717, 1.165) is 0 Å². The van der Waals surface area contributed by atoms with E-state index in [-0.39, 0.29) is 11.3 Å². The highest BCUT2D eigenvalue weighted by Gasteiger charge is 2.18. The lowest BCUT2D eigenvalue weighted by Crippen LogP contribution is -2.35. The normalized spacial score (nSPS) is 11.5. The quantitative estimate of drug-likeness (QED) is 0.794. The van der Waals surface area contributed by atoms with Crippen LogP contribution in [0.3, 0.4) is 0 Å². The SMILES string of the molecule is Cn1cncc1C(=O)NCC(C)(C)CCl. The van der Waals surface area contributed by atoms with Crippen LogP contribution in [0.5, 0.6) is 0 Å². The number of nitrogens with zero attached hydrogens (tertiary/aromatic N) is 2. The Morgan fingerprint density at radius 1 is 1.67 bits per heavy atom. The van der Waals surface area contributed by atoms with Crippen LogP contribution in [0.4, 0.5) is 0 Å². The van der Waals surface area contributed by atoms with Gasteiger partial charge in [0.25, 0.3) is 5.91 Å². The van der Waals surface area contributed by atoms with E-state index in [1.165, 1.54) is 0 Å². The predicted octanol–water partition coefficient (Wildman–Crippen LogP) is 1.41. The molecule has 5 heteroatoms. The van der Waals surface area contributed by atoms with E-state index in [4.69, 9.17) is 11.6 Å². The van der Waals surface area contributed by atoms with Gasteiger partial charge in [-0.2, -0.15) is 0 Å². The third kappa shape index (κ3) is 3.23. The zero-order chi connectivity index (χ0) is 11.5. The van der Waals surface area contributed by atoms with Crippen LogP contribution in [0, 0.1) is 5.41 Å². The van der Waals surface area contributed by atoms with Crippen molar-refractivity contribution in [3.63, 3.8) is 0 Å². The maximum Gasteiger partial charge on any atom is 0.269 e. The van der Waals surface area contributed by atoms with E-state index >= 15 is 0 Å². The molecule has 0 saturated heterocycles. The second-order valence-corrected chi connectivity index (χ2v) is 4.64. The summed E-state index contributed by atoms with van der Waals surface area (Å²) in [6.07, 6.45) is 3.14. The van der Waals surface area contributed by atoms with Gasteiger partial charge in [-0.1, -0.05) is 13.8 Å². The zero-order valence-corrected chi connectivity index (χ0v) is 10.0. The molecule has 0 bridgehead atoms. The van der Waals surface area contributed by atoms with E-state index in [0.29, 0.717) is 18.1 Å². The number of aromatic nitrogens is 2. The van der Waals surface area contributed by atoms with Gasteiger partial charge in [0.15, 0.2) is 0 Å². The Morgan fingerprint density at radius 3 is 2.80 bits per heavy atom. The van der Waals surface area contributed by atoms with Crippen molar-refractivity contribution in [2.24, 2.45) is 12.5 Å². The minimum atomic E-state index is -0.117. The van der Waals surface area contributed by atoms with Gasteiger partial charge in [-0.15, -0.1) is 11.6 Å². The molecule has 4 nitrogen and oxygen atoms in total. The number of alkyl halides is 1. The lowest BCUT2D eigenvalue weighted by Gasteiger charge is -2.21. The molecule has 0 aromatic carbocycles. The molecular weight excluding hydrogens is 214 g/mol. The Balaban J connectivity index is 2.55. The molecule has 15 heavy (non-hydrogen) atoms. The van der Waals surface area contributed by atoms with Crippen molar-refractivity contribution in [3.8, 4) is 0 Å². The molecule has 0 aliphatic heterocycles. The Labute approximate surface area is 94.6 Å². The number of carbonyl (C=O) groups excluding carboxylic acids is 1.